The summed E-state index contributed by atoms with van der Waals surface area (Å²) in [6.45, 7) is 10.8. The van der Waals surface area contributed by atoms with E-state index in [9.17, 15) is 0 Å². The maximum Gasteiger partial charge on any atom is 0.205 e. The van der Waals surface area contributed by atoms with Crippen molar-refractivity contribution in [3.8, 4) is 0 Å². The smallest absolute Gasteiger partial charge is 0.205 e. The Labute approximate surface area is 212 Å². The summed E-state index contributed by atoms with van der Waals surface area (Å²) in [6.07, 6.45) is 2.80. The number of rotatable bonds is 5. The molecule has 0 atom stereocenters. The Hall–Kier alpha value is -1.73. The minimum Gasteiger partial charge on any atom is -0.354 e. The van der Waals surface area contributed by atoms with Gasteiger partial charge in [-0.2, -0.15) is 4.37 Å². The first kappa shape index (κ1) is 24.9. The molecule has 176 valence electrons. The molecule has 9 nitrogen and oxygen atoms in total. The van der Waals surface area contributed by atoms with E-state index in [0.29, 0.717) is 0 Å². The zero-order valence-corrected chi connectivity index (χ0v) is 22.3. The van der Waals surface area contributed by atoms with Crippen molar-refractivity contribution in [2.24, 2.45) is 4.99 Å². The monoisotopic (exact) mass is 571 g/mol. The van der Waals surface area contributed by atoms with E-state index in [2.05, 4.69) is 70.4 Å². The van der Waals surface area contributed by atoms with Crippen molar-refractivity contribution >= 4 is 52.4 Å². The second-order valence-electron chi connectivity index (χ2n) is 8.03. The second-order valence-corrected chi connectivity index (χ2v) is 8.76. The van der Waals surface area contributed by atoms with Gasteiger partial charge in [0.25, 0.3) is 0 Å². The van der Waals surface area contributed by atoms with E-state index in [-0.39, 0.29) is 24.0 Å². The van der Waals surface area contributed by atoms with Gasteiger partial charge in [-0.3, -0.25) is 4.99 Å². The number of piperazine rings is 2. The lowest BCUT2D eigenvalue weighted by Gasteiger charge is -2.36. The molecule has 2 aromatic rings. The van der Waals surface area contributed by atoms with Crippen LogP contribution in [-0.4, -0.2) is 96.6 Å². The van der Waals surface area contributed by atoms with Gasteiger partial charge in [-0.15, -0.1) is 24.0 Å². The lowest BCUT2D eigenvalue weighted by atomic mass is 10.2. The van der Waals surface area contributed by atoms with Crippen molar-refractivity contribution in [2.45, 2.75) is 19.9 Å². The van der Waals surface area contributed by atoms with Crippen LogP contribution in [0.2, 0.25) is 0 Å². The third kappa shape index (κ3) is 6.19. The summed E-state index contributed by atoms with van der Waals surface area (Å²) in [6, 6.07) is 4.28. The van der Waals surface area contributed by atoms with E-state index < -0.39 is 0 Å². The first-order valence-corrected chi connectivity index (χ1v) is 11.8. The SMILES string of the molecule is CCc1nsc(N2CCN(C(=NC)NCc3ccnc(N4CCN(C)CC4)c3)CC2)n1.I. The van der Waals surface area contributed by atoms with Crippen molar-refractivity contribution in [3.05, 3.63) is 29.7 Å². The molecule has 2 saturated heterocycles. The molecule has 0 radical (unpaired) electrons. The van der Waals surface area contributed by atoms with Gasteiger partial charge in [0.1, 0.15) is 11.6 Å². The van der Waals surface area contributed by atoms with E-state index >= 15 is 0 Å². The lowest BCUT2D eigenvalue weighted by molar-refractivity contribution is 0.312. The molecule has 2 aliphatic heterocycles. The van der Waals surface area contributed by atoms with Gasteiger partial charge in [0.15, 0.2) is 5.96 Å². The van der Waals surface area contributed by atoms with Crippen LogP contribution in [0.15, 0.2) is 23.3 Å². The first-order chi connectivity index (χ1) is 15.2. The highest BCUT2D eigenvalue weighted by atomic mass is 127. The largest absolute Gasteiger partial charge is 0.354 e. The Bertz CT molecular complexity index is 874. The highest BCUT2D eigenvalue weighted by Crippen LogP contribution is 2.19. The number of guanidine groups is 1. The fourth-order valence-corrected chi connectivity index (χ4v) is 4.72. The molecule has 2 aromatic heterocycles. The molecule has 4 rings (SSSR count). The number of aliphatic imine (C=N–C) groups is 1. The highest BCUT2D eigenvalue weighted by molar-refractivity contribution is 14.0. The number of nitrogens with one attached hydrogen (secondary N) is 1. The van der Waals surface area contributed by atoms with Crippen molar-refractivity contribution in [1.82, 2.24) is 29.5 Å². The van der Waals surface area contributed by atoms with E-state index in [0.717, 1.165) is 88.1 Å². The fourth-order valence-electron chi connectivity index (χ4n) is 3.92. The van der Waals surface area contributed by atoms with Crippen LogP contribution in [0.25, 0.3) is 0 Å². The molecular weight excluding hydrogens is 537 g/mol. The third-order valence-corrected chi connectivity index (χ3v) is 6.74. The van der Waals surface area contributed by atoms with Crippen molar-refractivity contribution in [2.75, 3.05) is 76.3 Å². The van der Waals surface area contributed by atoms with Gasteiger partial charge in [0, 0.05) is 90.1 Å². The zero-order valence-electron chi connectivity index (χ0n) is 19.2. The molecule has 4 heterocycles. The predicted octanol–water partition coefficient (Wildman–Crippen LogP) is 1.76. The van der Waals surface area contributed by atoms with Gasteiger partial charge < -0.3 is 24.9 Å². The maximum absolute atomic E-state index is 4.63. The molecule has 32 heavy (non-hydrogen) atoms. The summed E-state index contributed by atoms with van der Waals surface area (Å²) in [5, 5.41) is 4.57. The number of likely N-dealkylation sites (N-methyl/N-ethyl adjacent to an activating group) is 1. The number of halogens is 1. The van der Waals surface area contributed by atoms with Crippen LogP contribution in [0.3, 0.4) is 0 Å². The molecule has 0 saturated carbocycles. The van der Waals surface area contributed by atoms with Crippen molar-refractivity contribution in [3.63, 3.8) is 0 Å². The van der Waals surface area contributed by atoms with E-state index in [1.54, 1.807) is 0 Å². The quantitative estimate of drug-likeness (QED) is 0.331. The topological polar surface area (TPSA) is 76.0 Å². The van der Waals surface area contributed by atoms with Crippen molar-refractivity contribution < 1.29 is 0 Å². The minimum atomic E-state index is 0. The lowest BCUT2D eigenvalue weighted by Crippen LogP contribution is -2.52. The molecule has 0 aromatic carbocycles. The summed E-state index contributed by atoms with van der Waals surface area (Å²) >= 11 is 1.50. The standard InChI is InChI=1S/C21H33N9S.HI/c1-4-18-25-21(31-26-18)30-13-11-29(12-14-30)20(22-2)24-16-17-5-6-23-19(15-17)28-9-7-27(3)8-10-28;/h5-6,15H,4,7-14,16H2,1-3H3,(H,22,24);1H. The molecule has 0 unspecified atom stereocenters. The summed E-state index contributed by atoms with van der Waals surface area (Å²) < 4.78 is 4.42. The number of aromatic nitrogens is 3. The number of nitrogens with zero attached hydrogens (tertiary/aromatic N) is 8. The maximum atomic E-state index is 4.63. The predicted molar refractivity (Wildman–Crippen MR) is 143 cm³/mol. The van der Waals surface area contributed by atoms with Gasteiger partial charge in [0.05, 0.1) is 0 Å². The molecule has 0 spiro atoms. The molecule has 0 aliphatic carbocycles. The summed E-state index contributed by atoms with van der Waals surface area (Å²) in [5.41, 5.74) is 1.23. The van der Waals surface area contributed by atoms with Crippen LogP contribution in [-0.2, 0) is 13.0 Å². The Kier molecular flexibility index (Phi) is 9.29. The summed E-state index contributed by atoms with van der Waals surface area (Å²) in [7, 11) is 4.03. The normalized spacial score (nSPS) is 18.0. The van der Waals surface area contributed by atoms with E-state index in [1.165, 1.54) is 17.1 Å². The van der Waals surface area contributed by atoms with Gasteiger partial charge in [-0.1, -0.05) is 6.92 Å². The van der Waals surface area contributed by atoms with Gasteiger partial charge >= 0.3 is 0 Å². The Morgan fingerprint density at radius 1 is 1.09 bits per heavy atom. The zero-order chi connectivity index (χ0) is 21.6. The molecule has 2 aliphatic rings. The van der Waals surface area contributed by atoms with Crippen LogP contribution < -0.4 is 15.1 Å². The number of aryl methyl sites for hydroxylation is 1. The van der Waals surface area contributed by atoms with Crippen LogP contribution in [0.5, 0.6) is 0 Å². The number of hydrogen-bond acceptors (Lipinski definition) is 8. The second kappa shape index (κ2) is 11.9. The van der Waals surface area contributed by atoms with Crippen LogP contribution in [0.1, 0.15) is 18.3 Å². The minimum absolute atomic E-state index is 0. The molecule has 1 N–H and O–H groups in total. The van der Waals surface area contributed by atoms with Crippen molar-refractivity contribution in [1.29, 1.82) is 0 Å². The number of anilines is 2. The van der Waals surface area contributed by atoms with Gasteiger partial charge in [-0.05, 0) is 24.7 Å². The highest BCUT2D eigenvalue weighted by Gasteiger charge is 2.22. The number of pyridine rings is 1. The molecule has 11 heteroatoms. The van der Waals surface area contributed by atoms with E-state index in [1.807, 2.05) is 13.2 Å². The van der Waals surface area contributed by atoms with Gasteiger partial charge in [0.2, 0.25) is 5.13 Å². The third-order valence-electron chi connectivity index (χ3n) is 5.92. The Morgan fingerprint density at radius 3 is 2.47 bits per heavy atom. The molecule has 2 fully saturated rings. The summed E-state index contributed by atoms with van der Waals surface area (Å²) in [5.74, 6) is 2.96. The van der Waals surface area contributed by atoms with Crippen LogP contribution in [0.4, 0.5) is 10.9 Å². The summed E-state index contributed by atoms with van der Waals surface area (Å²) in [4.78, 5) is 23.1. The average molecular weight is 572 g/mol. The molecule has 0 bridgehead atoms. The average Bonchev–Trinajstić information content (AvgIpc) is 3.30. The Morgan fingerprint density at radius 2 is 1.81 bits per heavy atom. The van der Waals surface area contributed by atoms with Crippen LogP contribution in [0, 0.1) is 0 Å². The molecule has 0 amide bonds. The Balaban J connectivity index is 0.00000289. The number of hydrogen-bond donors (Lipinski definition) is 1. The van der Waals surface area contributed by atoms with Crippen LogP contribution >= 0.6 is 35.5 Å². The fraction of sp³-hybridized carbons (Fsp3) is 0.619. The molecular formula is C21H34IN9S. The van der Waals surface area contributed by atoms with Gasteiger partial charge in [-0.25, -0.2) is 9.97 Å². The first-order valence-electron chi connectivity index (χ1n) is 11.1. The van der Waals surface area contributed by atoms with E-state index in [4.69, 9.17) is 0 Å².